The van der Waals surface area contributed by atoms with Crippen molar-refractivity contribution in [2.24, 2.45) is 5.73 Å². The van der Waals surface area contributed by atoms with Gasteiger partial charge in [-0.3, -0.25) is 0 Å². The minimum absolute atomic E-state index is 0.167. The second-order valence-corrected chi connectivity index (χ2v) is 1.77. The second kappa shape index (κ2) is 2.45. The minimum atomic E-state index is -0.804. The van der Waals surface area contributed by atoms with E-state index >= 15 is 0 Å². The van der Waals surface area contributed by atoms with Crippen molar-refractivity contribution in [1.29, 1.82) is 5.26 Å². The Morgan fingerprint density at radius 1 is 1.70 bits per heavy atom. The first kappa shape index (κ1) is 6.71. The van der Waals surface area contributed by atoms with Gasteiger partial charge < -0.3 is 10.2 Å². The smallest absolute Gasteiger partial charge is 0.247 e. The monoisotopic (exact) mass is 138 g/mol. The molecule has 2 N–H and O–H groups in total. The van der Waals surface area contributed by atoms with Gasteiger partial charge in [0, 0.05) is 6.92 Å². The maximum Gasteiger partial charge on any atom is 0.247 e. The van der Waals surface area contributed by atoms with Crippen molar-refractivity contribution in [3.05, 3.63) is 11.8 Å². The highest BCUT2D eigenvalue weighted by Gasteiger charge is 2.10. The Labute approximate surface area is 57.5 Å². The second-order valence-electron chi connectivity index (χ2n) is 1.77. The molecule has 10 heavy (non-hydrogen) atoms. The highest BCUT2D eigenvalue weighted by Crippen LogP contribution is 2.05. The van der Waals surface area contributed by atoms with Gasteiger partial charge in [0.2, 0.25) is 11.8 Å². The molecule has 0 saturated carbocycles. The number of rotatable bonds is 1. The van der Waals surface area contributed by atoms with Crippen LogP contribution in [-0.2, 0) is 0 Å². The highest BCUT2D eigenvalue weighted by atomic mass is 16.4. The zero-order valence-corrected chi connectivity index (χ0v) is 5.40. The van der Waals surface area contributed by atoms with Crippen LogP contribution in [0.25, 0.3) is 0 Å². The van der Waals surface area contributed by atoms with Crippen molar-refractivity contribution < 1.29 is 4.42 Å². The molecule has 1 aromatic heterocycles. The van der Waals surface area contributed by atoms with Gasteiger partial charge in [0.25, 0.3) is 0 Å². The van der Waals surface area contributed by atoms with E-state index in [1.807, 2.05) is 0 Å². The van der Waals surface area contributed by atoms with E-state index in [1.165, 1.54) is 0 Å². The molecule has 0 spiro atoms. The van der Waals surface area contributed by atoms with Gasteiger partial charge in [-0.15, -0.1) is 10.2 Å². The topological polar surface area (TPSA) is 88.7 Å². The molecule has 5 nitrogen and oxygen atoms in total. The minimum Gasteiger partial charge on any atom is -0.423 e. The molecule has 0 saturated heterocycles. The van der Waals surface area contributed by atoms with Crippen LogP contribution in [0.1, 0.15) is 17.8 Å². The molecule has 0 aliphatic rings. The van der Waals surface area contributed by atoms with E-state index in [4.69, 9.17) is 15.4 Å². The third-order valence-electron chi connectivity index (χ3n) is 0.947. The zero-order valence-electron chi connectivity index (χ0n) is 5.40. The summed E-state index contributed by atoms with van der Waals surface area (Å²) in [6, 6.07) is 0.972. The molecule has 0 bridgehead atoms. The predicted molar refractivity (Wildman–Crippen MR) is 31.6 cm³/mol. The fourth-order valence-corrected chi connectivity index (χ4v) is 0.493. The molecular weight excluding hydrogens is 132 g/mol. The SMILES string of the molecule is Cc1nnc(C(N)C#N)o1. The Kier molecular flexibility index (Phi) is 1.65. The Hall–Kier alpha value is -1.41. The number of nitrogens with zero attached hydrogens (tertiary/aromatic N) is 3. The molecule has 1 unspecified atom stereocenters. The van der Waals surface area contributed by atoms with E-state index in [9.17, 15) is 0 Å². The molecule has 1 aromatic rings. The van der Waals surface area contributed by atoms with Gasteiger partial charge in [0.15, 0.2) is 6.04 Å². The van der Waals surface area contributed by atoms with E-state index in [-0.39, 0.29) is 5.89 Å². The molecule has 0 aliphatic heterocycles. The van der Waals surface area contributed by atoms with E-state index in [1.54, 1.807) is 13.0 Å². The first-order valence-corrected chi connectivity index (χ1v) is 2.69. The first-order chi connectivity index (χ1) is 4.74. The van der Waals surface area contributed by atoms with Crippen molar-refractivity contribution in [3.63, 3.8) is 0 Å². The fourth-order valence-electron chi connectivity index (χ4n) is 0.493. The number of nitrogens with two attached hydrogens (primary N) is 1. The largest absolute Gasteiger partial charge is 0.423 e. The molecule has 0 amide bonds. The molecule has 52 valence electrons. The average Bonchev–Trinajstić information content (AvgIpc) is 2.34. The van der Waals surface area contributed by atoms with Gasteiger partial charge in [-0.05, 0) is 0 Å². The van der Waals surface area contributed by atoms with Crippen LogP contribution in [-0.4, -0.2) is 10.2 Å². The van der Waals surface area contributed by atoms with Crippen molar-refractivity contribution in [2.75, 3.05) is 0 Å². The van der Waals surface area contributed by atoms with Crippen LogP contribution in [0.4, 0.5) is 0 Å². The molecule has 0 aliphatic carbocycles. The molecule has 1 rings (SSSR count). The summed E-state index contributed by atoms with van der Waals surface area (Å²) in [7, 11) is 0. The number of aryl methyl sites for hydroxylation is 1. The summed E-state index contributed by atoms with van der Waals surface area (Å²) in [4.78, 5) is 0. The number of hydrogen-bond donors (Lipinski definition) is 1. The maximum absolute atomic E-state index is 8.29. The van der Waals surface area contributed by atoms with Gasteiger partial charge in [0.05, 0.1) is 6.07 Å². The summed E-state index contributed by atoms with van der Waals surface area (Å²) in [5, 5.41) is 15.4. The molecule has 0 aromatic carbocycles. The lowest BCUT2D eigenvalue weighted by Gasteiger charge is -1.90. The van der Waals surface area contributed by atoms with E-state index in [2.05, 4.69) is 10.2 Å². The quantitative estimate of drug-likeness (QED) is 0.585. The zero-order chi connectivity index (χ0) is 7.56. The van der Waals surface area contributed by atoms with Crippen LogP contribution in [0.5, 0.6) is 0 Å². The summed E-state index contributed by atoms with van der Waals surface area (Å²) in [6.45, 7) is 1.64. The van der Waals surface area contributed by atoms with Crippen molar-refractivity contribution in [3.8, 4) is 6.07 Å². The number of nitriles is 1. The van der Waals surface area contributed by atoms with Crippen LogP contribution < -0.4 is 5.73 Å². The third kappa shape index (κ3) is 1.11. The van der Waals surface area contributed by atoms with Crippen molar-refractivity contribution >= 4 is 0 Å². The van der Waals surface area contributed by atoms with Gasteiger partial charge in [-0.1, -0.05) is 0 Å². The van der Waals surface area contributed by atoms with Crippen molar-refractivity contribution in [1.82, 2.24) is 10.2 Å². The molecule has 1 heterocycles. The third-order valence-corrected chi connectivity index (χ3v) is 0.947. The standard InChI is InChI=1S/C5H6N4O/c1-3-8-9-5(10-3)4(7)2-6/h4H,7H2,1H3. The fraction of sp³-hybridized carbons (Fsp3) is 0.400. The van der Waals surface area contributed by atoms with E-state index in [0.717, 1.165) is 0 Å². The first-order valence-electron chi connectivity index (χ1n) is 2.69. The number of hydrogen-bond acceptors (Lipinski definition) is 5. The summed E-state index contributed by atoms with van der Waals surface area (Å²) in [6.07, 6.45) is 0. The number of aromatic nitrogens is 2. The van der Waals surface area contributed by atoms with Crippen LogP contribution in [0.2, 0.25) is 0 Å². The van der Waals surface area contributed by atoms with Gasteiger partial charge in [0.1, 0.15) is 0 Å². The van der Waals surface area contributed by atoms with Crippen LogP contribution >= 0.6 is 0 Å². The molecule has 0 fully saturated rings. The van der Waals surface area contributed by atoms with Crippen LogP contribution in [0, 0.1) is 18.3 Å². The molecule has 1 atom stereocenters. The van der Waals surface area contributed by atoms with Gasteiger partial charge in [-0.25, -0.2) is 0 Å². The highest BCUT2D eigenvalue weighted by molar-refractivity contribution is 5.00. The Morgan fingerprint density at radius 2 is 2.40 bits per heavy atom. The summed E-state index contributed by atoms with van der Waals surface area (Å²) in [5.41, 5.74) is 5.25. The molecule has 0 radical (unpaired) electrons. The molecule has 5 heteroatoms. The summed E-state index contributed by atoms with van der Waals surface area (Å²) >= 11 is 0. The maximum atomic E-state index is 8.29. The average molecular weight is 138 g/mol. The Bertz CT molecular complexity index is 261. The Morgan fingerprint density at radius 3 is 2.80 bits per heavy atom. The van der Waals surface area contributed by atoms with Crippen LogP contribution in [0.15, 0.2) is 4.42 Å². The van der Waals surface area contributed by atoms with E-state index in [0.29, 0.717) is 5.89 Å². The lowest BCUT2D eigenvalue weighted by molar-refractivity contribution is 0.456. The summed E-state index contributed by atoms with van der Waals surface area (Å²) < 4.78 is 4.87. The summed E-state index contributed by atoms with van der Waals surface area (Å²) in [5.74, 6) is 0.584. The Balaban J connectivity index is 2.87. The van der Waals surface area contributed by atoms with Crippen LogP contribution in [0.3, 0.4) is 0 Å². The van der Waals surface area contributed by atoms with Gasteiger partial charge >= 0.3 is 0 Å². The van der Waals surface area contributed by atoms with Crippen molar-refractivity contribution in [2.45, 2.75) is 13.0 Å². The normalized spacial score (nSPS) is 12.5. The van der Waals surface area contributed by atoms with Gasteiger partial charge in [-0.2, -0.15) is 5.26 Å². The molecular formula is C5H6N4O. The van der Waals surface area contributed by atoms with E-state index < -0.39 is 6.04 Å². The predicted octanol–water partition coefficient (Wildman–Crippen LogP) is -0.0986. The lowest BCUT2D eigenvalue weighted by Crippen LogP contribution is -2.07. The lowest BCUT2D eigenvalue weighted by atomic mass is 10.4.